The summed E-state index contributed by atoms with van der Waals surface area (Å²) in [5.74, 6) is -1.84. The number of tetrazole rings is 1. The number of ether oxygens (including phenoxy) is 4. The molecule has 0 aliphatic carbocycles. The number of nitrogens with zero attached hydrogens (tertiary/aromatic N) is 4. The van der Waals surface area contributed by atoms with Gasteiger partial charge in [0.05, 0.1) is 11.4 Å². The summed E-state index contributed by atoms with van der Waals surface area (Å²) < 4.78 is 22.7. The van der Waals surface area contributed by atoms with Crippen LogP contribution in [0.25, 0.3) is 5.69 Å². The van der Waals surface area contributed by atoms with Crippen LogP contribution in [0.3, 0.4) is 0 Å². The lowest BCUT2D eigenvalue weighted by Crippen LogP contribution is -2.42. The molecule has 1 aromatic heterocycles. The van der Waals surface area contributed by atoms with Crippen LogP contribution in [-0.4, -0.2) is 51.1 Å². The van der Waals surface area contributed by atoms with Crippen molar-refractivity contribution >= 4 is 17.6 Å². The van der Waals surface area contributed by atoms with E-state index in [0.717, 1.165) is 0 Å². The van der Waals surface area contributed by atoms with Crippen LogP contribution < -0.4 is 14.8 Å². The van der Waals surface area contributed by atoms with Crippen LogP contribution >= 0.6 is 0 Å². The number of nitrogens with one attached hydrogen (secondary N) is 1. The molecule has 2 aromatic rings. The molecule has 1 fully saturated rings. The molecule has 0 spiro atoms. The van der Waals surface area contributed by atoms with Gasteiger partial charge < -0.3 is 24.3 Å². The number of rotatable bonds is 3. The molecule has 1 aromatic carbocycles. The molecule has 0 atom stereocenters. The Morgan fingerprint density at radius 2 is 1.78 bits per heavy atom. The molecule has 1 N–H and O–H groups in total. The Balaban J connectivity index is 1.69. The topological polar surface area (TPSA) is 127 Å². The number of anilines is 1. The molecule has 2 aliphatic rings. The van der Waals surface area contributed by atoms with E-state index in [1.165, 1.54) is 31.1 Å². The monoisotopic (exact) mass is 373 g/mol. The van der Waals surface area contributed by atoms with Crippen LogP contribution in [0.2, 0.25) is 0 Å². The SMILES string of the molecule is CC1(C)OC(=O)C(=CNc2cc3c(cc2-n2cnnn2)OCCO3)C(=O)O1. The van der Waals surface area contributed by atoms with Gasteiger partial charge in [-0.15, -0.1) is 5.10 Å². The average molecular weight is 373 g/mol. The molecule has 0 radical (unpaired) electrons. The maximum atomic E-state index is 12.1. The Kier molecular flexibility index (Phi) is 3.90. The Hall–Kier alpha value is -3.63. The van der Waals surface area contributed by atoms with Crippen LogP contribution in [0.15, 0.2) is 30.2 Å². The Morgan fingerprint density at radius 3 is 2.41 bits per heavy atom. The molecule has 0 bridgehead atoms. The van der Waals surface area contributed by atoms with Crippen molar-refractivity contribution in [1.82, 2.24) is 20.2 Å². The van der Waals surface area contributed by atoms with Gasteiger partial charge in [0.1, 0.15) is 19.5 Å². The predicted molar refractivity (Wildman–Crippen MR) is 88.1 cm³/mol. The highest BCUT2D eigenvalue weighted by molar-refractivity contribution is 6.15. The molecule has 0 unspecified atom stereocenters. The van der Waals surface area contributed by atoms with Crippen molar-refractivity contribution in [3.05, 3.63) is 30.2 Å². The number of hydrogen-bond acceptors (Lipinski definition) is 10. The molecule has 0 saturated carbocycles. The molecule has 3 heterocycles. The van der Waals surface area contributed by atoms with E-state index in [1.54, 1.807) is 12.1 Å². The smallest absolute Gasteiger partial charge is 0.350 e. The van der Waals surface area contributed by atoms with E-state index in [0.29, 0.717) is 36.1 Å². The Morgan fingerprint density at radius 1 is 1.11 bits per heavy atom. The lowest BCUT2D eigenvalue weighted by atomic mass is 10.2. The molecule has 4 rings (SSSR count). The number of cyclic esters (lactones) is 2. The van der Waals surface area contributed by atoms with Gasteiger partial charge in [-0.05, 0) is 10.4 Å². The number of hydrogen-bond donors (Lipinski definition) is 1. The highest BCUT2D eigenvalue weighted by atomic mass is 16.7. The molecular weight excluding hydrogens is 358 g/mol. The van der Waals surface area contributed by atoms with E-state index in [2.05, 4.69) is 20.8 Å². The summed E-state index contributed by atoms with van der Waals surface area (Å²) in [6.07, 6.45) is 2.61. The minimum absolute atomic E-state index is 0.271. The number of aromatic nitrogens is 4. The maximum absolute atomic E-state index is 12.1. The molecule has 0 amide bonds. The lowest BCUT2D eigenvalue weighted by Gasteiger charge is -2.29. The van der Waals surface area contributed by atoms with Crippen molar-refractivity contribution < 1.29 is 28.5 Å². The normalized spacial score (nSPS) is 17.8. The highest BCUT2D eigenvalue weighted by Crippen LogP contribution is 2.37. The number of benzene rings is 1. The first-order valence-corrected chi connectivity index (χ1v) is 8.03. The van der Waals surface area contributed by atoms with E-state index < -0.39 is 17.7 Å². The van der Waals surface area contributed by atoms with Crippen LogP contribution in [0.4, 0.5) is 5.69 Å². The van der Waals surface area contributed by atoms with Crippen LogP contribution in [-0.2, 0) is 19.1 Å². The van der Waals surface area contributed by atoms with Crippen molar-refractivity contribution in [2.45, 2.75) is 19.6 Å². The van der Waals surface area contributed by atoms with Gasteiger partial charge in [0, 0.05) is 32.2 Å². The average Bonchev–Trinajstić information content (AvgIpc) is 3.13. The summed E-state index contributed by atoms with van der Waals surface area (Å²) in [7, 11) is 0. The maximum Gasteiger partial charge on any atom is 0.350 e. The van der Waals surface area contributed by atoms with Gasteiger partial charge in [0.2, 0.25) is 0 Å². The van der Waals surface area contributed by atoms with Crippen molar-refractivity contribution in [2.75, 3.05) is 18.5 Å². The van der Waals surface area contributed by atoms with Gasteiger partial charge in [-0.1, -0.05) is 0 Å². The van der Waals surface area contributed by atoms with Gasteiger partial charge in [-0.2, -0.15) is 4.68 Å². The second kappa shape index (κ2) is 6.27. The van der Waals surface area contributed by atoms with Gasteiger partial charge in [0.15, 0.2) is 17.1 Å². The van der Waals surface area contributed by atoms with Crippen molar-refractivity contribution in [3.8, 4) is 17.2 Å². The lowest BCUT2D eigenvalue weighted by molar-refractivity contribution is -0.222. The number of esters is 2. The van der Waals surface area contributed by atoms with E-state index in [-0.39, 0.29) is 5.57 Å². The zero-order chi connectivity index (χ0) is 19.0. The molecule has 11 heteroatoms. The zero-order valence-electron chi connectivity index (χ0n) is 14.5. The van der Waals surface area contributed by atoms with Gasteiger partial charge >= 0.3 is 11.9 Å². The van der Waals surface area contributed by atoms with E-state index in [1.807, 2.05) is 0 Å². The minimum Gasteiger partial charge on any atom is -0.486 e. The summed E-state index contributed by atoms with van der Waals surface area (Å²) in [6, 6.07) is 3.35. The predicted octanol–water partition coefficient (Wildman–Crippen LogP) is 0.565. The largest absolute Gasteiger partial charge is 0.486 e. The van der Waals surface area contributed by atoms with Gasteiger partial charge in [-0.3, -0.25) is 0 Å². The highest BCUT2D eigenvalue weighted by Gasteiger charge is 2.39. The van der Waals surface area contributed by atoms with Crippen LogP contribution in [0.5, 0.6) is 11.5 Å². The fourth-order valence-electron chi connectivity index (χ4n) is 2.58. The van der Waals surface area contributed by atoms with E-state index in [4.69, 9.17) is 18.9 Å². The first kappa shape index (κ1) is 16.8. The zero-order valence-corrected chi connectivity index (χ0v) is 14.5. The Labute approximate surface area is 152 Å². The fraction of sp³-hybridized carbons (Fsp3) is 0.312. The summed E-state index contributed by atoms with van der Waals surface area (Å²) in [5.41, 5.74) is 0.732. The van der Waals surface area contributed by atoms with Gasteiger partial charge in [0.25, 0.3) is 5.79 Å². The molecule has 1 saturated heterocycles. The van der Waals surface area contributed by atoms with Crippen LogP contribution in [0.1, 0.15) is 13.8 Å². The van der Waals surface area contributed by atoms with E-state index >= 15 is 0 Å². The molecule has 27 heavy (non-hydrogen) atoms. The summed E-state index contributed by atoms with van der Waals surface area (Å²) in [4.78, 5) is 24.1. The second-order valence-corrected chi connectivity index (χ2v) is 6.15. The molecule has 11 nitrogen and oxygen atoms in total. The quantitative estimate of drug-likeness (QED) is 0.463. The summed E-state index contributed by atoms with van der Waals surface area (Å²) >= 11 is 0. The third-order valence-corrected chi connectivity index (χ3v) is 3.75. The van der Waals surface area contributed by atoms with E-state index in [9.17, 15) is 9.59 Å². The van der Waals surface area contributed by atoms with Crippen molar-refractivity contribution in [1.29, 1.82) is 0 Å². The molecule has 140 valence electrons. The van der Waals surface area contributed by atoms with Crippen LogP contribution in [0, 0.1) is 0 Å². The summed E-state index contributed by atoms with van der Waals surface area (Å²) in [6.45, 7) is 3.78. The number of carbonyl (C=O) groups is 2. The standard InChI is InChI=1S/C16H15N5O6/c1-16(2)26-14(22)9(15(23)27-16)7-17-10-5-12-13(25-4-3-24-12)6-11(10)21-8-18-19-20-21/h5-8,17H,3-4H2,1-2H3. The molecular formula is C16H15N5O6. The third kappa shape index (κ3) is 3.26. The summed E-state index contributed by atoms with van der Waals surface area (Å²) in [5, 5.41) is 14.0. The van der Waals surface area contributed by atoms with Crippen molar-refractivity contribution in [2.24, 2.45) is 0 Å². The van der Waals surface area contributed by atoms with Gasteiger partial charge in [-0.25, -0.2) is 9.59 Å². The second-order valence-electron chi connectivity index (χ2n) is 6.15. The first-order chi connectivity index (χ1) is 12.9. The first-order valence-electron chi connectivity index (χ1n) is 8.03. The Bertz CT molecular complexity index is 915. The fourth-order valence-corrected chi connectivity index (χ4v) is 2.58. The third-order valence-electron chi connectivity index (χ3n) is 3.75. The van der Waals surface area contributed by atoms with Crippen molar-refractivity contribution in [3.63, 3.8) is 0 Å². The number of fused-ring (bicyclic) bond motifs is 1. The molecule has 2 aliphatic heterocycles. The minimum atomic E-state index is -1.31. The number of carbonyl (C=O) groups excluding carboxylic acids is 2.